The molecule has 0 aliphatic rings. The predicted molar refractivity (Wildman–Crippen MR) is 150 cm³/mol. The smallest absolute Gasteiger partial charge is 0.275 e. The normalized spacial score (nSPS) is 10.9. The molecule has 0 unspecified atom stereocenters. The fourth-order valence-corrected chi connectivity index (χ4v) is 4.20. The van der Waals surface area contributed by atoms with Gasteiger partial charge in [0.1, 0.15) is 24.7 Å². The third-order valence-corrected chi connectivity index (χ3v) is 6.63. The Hall–Kier alpha value is -3.13. The molecule has 0 heterocycles. The lowest BCUT2D eigenvalue weighted by Crippen LogP contribution is -2.18. The number of hydrogen-bond acceptors (Lipinski definition) is 4. The predicted octanol–water partition coefficient (Wildman–Crippen LogP) is 7.79. The Morgan fingerprint density at radius 1 is 0.861 bits per heavy atom. The summed E-state index contributed by atoms with van der Waals surface area (Å²) in [5, 5.41) is 4.71. The summed E-state index contributed by atoms with van der Waals surface area (Å²) >= 11 is 13.2. The van der Waals surface area contributed by atoms with Crippen LogP contribution in [0.2, 0.25) is 5.02 Å². The van der Waals surface area contributed by atoms with Gasteiger partial charge in [0.2, 0.25) is 0 Å². The lowest BCUT2D eigenvalue weighted by Gasteiger charge is -2.11. The summed E-state index contributed by atoms with van der Waals surface area (Å²) in [6.07, 6.45) is 1.56. The molecule has 0 saturated carbocycles. The molecular weight excluding hydrogens is 608 g/mol. The molecule has 4 rings (SSSR count). The van der Waals surface area contributed by atoms with Crippen molar-refractivity contribution in [1.29, 1.82) is 0 Å². The number of benzene rings is 4. The number of nitrogens with one attached hydrogen (secondary N) is 1. The Kier molecular flexibility index (Phi) is 9.17. The minimum Gasteiger partial charge on any atom is -0.488 e. The van der Waals surface area contributed by atoms with Gasteiger partial charge in [-0.3, -0.25) is 4.79 Å². The summed E-state index contributed by atoms with van der Waals surface area (Å²) < 4.78 is 13.6. The van der Waals surface area contributed by atoms with E-state index in [1.54, 1.807) is 36.5 Å². The van der Waals surface area contributed by atoms with Crippen LogP contribution in [-0.4, -0.2) is 12.1 Å². The summed E-state index contributed by atoms with van der Waals surface area (Å²) in [4.78, 5) is 12.7. The molecule has 0 spiro atoms. The van der Waals surface area contributed by atoms with Gasteiger partial charge in [0.15, 0.2) is 0 Å². The quantitative estimate of drug-likeness (QED) is 0.152. The number of nitrogens with zero attached hydrogens (tertiary/aromatic N) is 1. The van der Waals surface area contributed by atoms with Gasteiger partial charge in [-0.1, -0.05) is 70.0 Å². The summed E-state index contributed by atoms with van der Waals surface area (Å²) in [6.45, 7) is 0.699. The van der Waals surface area contributed by atoms with E-state index in [9.17, 15) is 4.79 Å². The molecular formula is C28H21Br2ClN2O3. The van der Waals surface area contributed by atoms with Gasteiger partial charge >= 0.3 is 0 Å². The van der Waals surface area contributed by atoms with Gasteiger partial charge in [-0.05, 0) is 75.6 Å². The van der Waals surface area contributed by atoms with E-state index in [1.165, 1.54) is 0 Å². The van der Waals surface area contributed by atoms with Gasteiger partial charge in [-0.15, -0.1) is 0 Å². The van der Waals surface area contributed by atoms with Gasteiger partial charge in [0.25, 0.3) is 5.91 Å². The first kappa shape index (κ1) is 25.9. The molecule has 0 bridgehead atoms. The Balaban J connectivity index is 1.34. The molecule has 0 saturated heterocycles. The van der Waals surface area contributed by atoms with Crippen LogP contribution in [0, 0.1) is 0 Å². The van der Waals surface area contributed by atoms with E-state index in [0.717, 1.165) is 25.6 Å². The summed E-state index contributed by atoms with van der Waals surface area (Å²) in [5.74, 6) is 0.776. The molecule has 0 atom stereocenters. The van der Waals surface area contributed by atoms with E-state index in [1.807, 2.05) is 60.7 Å². The number of para-hydroxylation sites is 1. The van der Waals surface area contributed by atoms with E-state index in [0.29, 0.717) is 28.7 Å². The second-order valence-corrected chi connectivity index (χ2v) is 9.86. The Bertz CT molecular complexity index is 1380. The molecule has 1 N–H and O–H groups in total. The average molecular weight is 629 g/mol. The second-order valence-electron chi connectivity index (χ2n) is 7.68. The highest BCUT2D eigenvalue weighted by Gasteiger charge is 2.12. The first-order valence-electron chi connectivity index (χ1n) is 10.9. The lowest BCUT2D eigenvalue weighted by molar-refractivity contribution is 0.0950. The number of ether oxygens (including phenoxy) is 2. The number of hydrogen-bond donors (Lipinski definition) is 1. The molecule has 5 nitrogen and oxygen atoms in total. The van der Waals surface area contributed by atoms with Crippen LogP contribution in [0.3, 0.4) is 0 Å². The monoisotopic (exact) mass is 626 g/mol. The number of rotatable bonds is 9. The molecule has 0 radical (unpaired) electrons. The van der Waals surface area contributed by atoms with Crippen molar-refractivity contribution in [2.75, 3.05) is 0 Å². The SMILES string of the molecule is O=C(N/N=C/c1ccc(OCc2ccc(Br)cc2)c(Br)c1)c1ccccc1OCc1ccccc1Cl. The Morgan fingerprint density at radius 2 is 1.58 bits per heavy atom. The number of carbonyl (C=O) groups is 1. The summed E-state index contributed by atoms with van der Waals surface area (Å²) in [6, 6.07) is 27.9. The van der Waals surface area contributed by atoms with Gasteiger partial charge in [-0.25, -0.2) is 5.43 Å². The van der Waals surface area contributed by atoms with Crippen molar-refractivity contribution in [2.45, 2.75) is 13.2 Å². The second kappa shape index (κ2) is 12.7. The lowest BCUT2D eigenvalue weighted by atomic mass is 10.2. The number of carbonyl (C=O) groups excluding carboxylic acids is 1. The van der Waals surface area contributed by atoms with Gasteiger partial charge in [-0.2, -0.15) is 5.10 Å². The van der Waals surface area contributed by atoms with Crippen molar-refractivity contribution in [3.63, 3.8) is 0 Å². The Labute approximate surface area is 231 Å². The zero-order valence-electron chi connectivity index (χ0n) is 19.0. The summed E-state index contributed by atoms with van der Waals surface area (Å²) in [7, 11) is 0. The molecule has 8 heteroatoms. The van der Waals surface area contributed by atoms with Crippen LogP contribution in [0.15, 0.2) is 105 Å². The van der Waals surface area contributed by atoms with Crippen molar-refractivity contribution in [3.05, 3.63) is 127 Å². The van der Waals surface area contributed by atoms with Crippen molar-refractivity contribution in [2.24, 2.45) is 5.10 Å². The molecule has 1 amide bonds. The molecule has 4 aromatic carbocycles. The van der Waals surface area contributed by atoms with E-state index in [-0.39, 0.29) is 12.5 Å². The van der Waals surface area contributed by atoms with Gasteiger partial charge in [0, 0.05) is 15.1 Å². The highest BCUT2D eigenvalue weighted by atomic mass is 79.9. The molecule has 0 aromatic heterocycles. The standard InChI is InChI=1S/C28H21Br2ClN2O3/c29-22-12-9-19(10-13-22)17-35-27-14-11-20(15-24(27)30)16-32-33-28(34)23-6-2-4-8-26(23)36-18-21-5-1-3-7-25(21)31/h1-16H,17-18H2,(H,33,34)/b32-16+. The largest absolute Gasteiger partial charge is 0.488 e. The third-order valence-electron chi connectivity index (χ3n) is 5.12. The van der Waals surface area contributed by atoms with Gasteiger partial charge in [0.05, 0.1) is 16.3 Å². The Morgan fingerprint density at radius 3 is 2.36 bits per heavy atom. The van der Waals surface area contributed by atoms with Gasteiger partial charge < -0.3 is 9.47 Å². The molecule has 4 aromatic rings. The van der Waals surface area contributed by atoms with Crippen LogP contribution in [0.25, 0.3) is 0 Å². The van der Waals surface area contributed by atoms with Crippen molar-refractivity contribution in [3.8, 4) is 11.5 Å². The highest BCUT2D eigenvalue weighted by Crippen LogP contribution is 2.27. The van der Waals surface area contributed by atoms with Crippen LogP contribution in [0.1, 0.15) is 27.0 Å². The maximum atomic E-state index is 12.7. The minimum atomic E-state index is -0.380. The number of halogens is 3. The summed E-state index contributed by atoms with van der Waals surface area (Å²) in [5.41, 5.74) is 5.62. The van der Waals surface area contributed by atoms with E-state index >= 15 is 0 Å². The fourth-order valence-electron chi connectivity index (χ4n) is 3.23. The molecule has 0 aliphatic heterocycles. The van der Waals surface area contributed by atoms with E-state index in [2.05, 4.69) is 42.4 Å². The molecule has 182 valence electrons. The fraction of sp³-hybridized carbons (Fsp3) is 0.0714. The first-order chi connectivity index (χ1) is 17.5. The van der Waals surface area contributed by atoms with Crippen molar-refractivity contribution in [1.82, 2.24) is 5.43 Å². The van der Waals surface area contributed by atoms with Crippen LogP contribution in [0.4, 0.5) is 0 Å². The molecule has 36 heavy (non-hydrogen) atoms. The maximum Gasteiger partial charge on any atom is 0.275 e. The topological polar surface area (TPSA) is 59.9 Å². The zero-order chi connectivity index (χ0) is 25.3. The average Bonchev–Trinajstić information content (AvgIpc) is 2.89. The zero-order valence-corrected chi connectivity index (χ0v) is 22.9. The maximum absolute atomic E-state index is 12.7. The number of amides is 1. The highest BCUT2D eigenvalue weighted by molar-refractivity contribution is 9.10. The molecule has 0 aliphatic carbocycles. The molecule has 0 fully saturated rings. The third kappa shape index (κ3) is 7.20. The van der Waals surface area contributed by atoms with Crippen LogP contribution in [0.5, 0.6) is 11.5 Å². The number of hydrazone groups is 1. The minimum absolute atomic E-state index is 0.248. The van der Waals surface area contributed by atoms with Crippen LogP contribution in [-0.2, 0) is 13.2 Å². The van der Waals surface area contributed by atoms with E-state index < -0.39 is 0 Å². The van der Waals surface area contributed by atoms with E-state index in [4.69, 9.17) is 21.1 Å². The van der Waals surface area contributed by atoms with Crippen LogP contribution < -0.4 is 14.9 Å². The van der Waals surface area contributed by atoms with Crippen LogP contribution >= 0.6 is 43.5 Å². The van der Waals surface area contributed by atoms with Crippen molar-refractivity contribution < 1.29 is 14.3 Å². The first-order valence-corrected chi connectivity index (χ1v) is 12.9. The van der Waals surface area contributed by atoms with Crippen molar-refractivity contribution >= 4 is 55.6 Å².